The van der Waals surface area contributed by atoms with Gasteiger partial charge in [-0.3, -0.25) is 0 Å². The van der Waals surface area contributed by atoms with Crippen molar-refractivity contribution < 1.29 is 8.78 Å². The van der Waals surface area contributed by atoms with Crippen LogP contribution in [0.4, 0.5) is 14.7 Å². The van der Waals surface area contributed by atoms with Crippen LogP contribution in [0, 0.1) is 18.6 Å². The van der Waals surface area contributed by atoms with Crippen molar-refractivity contribution in [2.24, 2.45) is 0 Å². The number of hydrogen-bond acceptors (Lipinski definition) is 4. The van der Waals surface area contributed by atoms with Gasteiger partial charge in [-0.25, -0.2) is 18.7 Å². The van der Waals surface area contributed by atoms with Crippen molar-refractivity contribution in [1.82, 2.24) is 14.5 Å². The molecule has 0 radical (unpaired) electrons. The van der Waals surface area contributed by atoms with E-state index in [1.807, 2.05) is 12.3 Å². The van der Waals surface area contributed by atoms with E-state index in [0.717, 1.165) is 16.8 Å². The van der Waals surface area contributed by atoms with Crippen LogP contribution in [-0.4, -0.2) is 14.5 Å². The summed E-state index contributed by atoms with van der Waals surface area (Å²) in [6.45, 7) is 2.15. The fraction of sp³-hybridized carbons (Fsp3) is 0.167. The molecule has 0 aliphatic rings. The second kappa shape index (κ2) is 4.27. The van der Waals surface area contributed by atoms with E-state index in [4.69, 9.17) is 5.73 Å². The van der Waals surface area contributed by atoms with Gasteiger partial charge in [-0.15, -0.1) is 11.3 Å². The van der Waals surface area contributed by atoms with Gasteiger partial charge in [-0.05, 0) is 19.1 Å². The molecule has 0 spiro atoms. The van der Waals surface area contributed by atoms with Gasteiger partial charge in [0.1, 0.15) is 10.5 Å². The van der Waals surface area contributed by atoms with Crippen LogP contribution in [0.25, 0.3) is 11.0 Å². The smallest absolute Gasteiger partial charge is 0.201 e. The maximum atomic E-state index is 13.9. The highest BCUT2D eigenvalue weighted by Gasteiger charge is 2.16. The number of hydrogen-bond donors (Lipinski definition) is 1. The monoisotopic (exact) mass is 280 g/mol. The van der Waals surface area contributed by atoms with Crippen molar-refractivity contribution in [3.05, 3.63) is 39.8 Å². The maximum Gasteiger partial charge on any atom is 0.201 e. The number of fused-ring (bicyclic) bond motifs is 1. The molecule has 3 rings (SSSR count). The van der Waals surface area contributed by atoms with E-state index in [9.17, 15) is 8.78 Å². The summed E-state index contributed by atoms with van der Waals surface area (Å²) in [6, 6.07) is 2.45. The Hall–Kier alpha value is -2.02. The second-order valence-electron chi connectivity index (χ2n) is 4.17. The summed E-state index contributed by atoms with van der Waals surface area (Å²) in [4.78, 5) is 8.31. The highest BCUT2D eigenvalue weighted by atomic mass is 32.1. The highest BCUT2D eigenvalue weighted by molar-refractivity contribution is 7.09. The SMILES string of the molecule is Cc1csc(Cn2c(N)nc3ccc(F)c(F)c32)n1. The van der Waals surface area contributed by atoms with Gasteiger partial charge in [0.15, 0.2) is 11.6 Å². The number of aromatic nitrogens is 3. The zero-order valence-corrected chi connectivity index (χ0v) is 10.8. The van der Waals surface area contributed by atoms with E-state index < -0.39 is 11.6 Å². The van der Waals surface area contributed by atoms with Crippen LogP contribution in [0.3, 0.4) is 0 Å². The molecule has 2 heterocycles. The van der Waals surface area contributed by atoms with E-state index in [1.54, 1.807) is 0 Å². The van der Waals surface area contributed by atoms with Crippen LogP contribution in [0.2, 0.25) is 0 Å². The summed E-state index contributed by atoms with van der Waals surface area (Å²) in [7, 11) is 0. The van der Waals surface area contributed by atoms with E-state index in [2.05, 4.69) is 9.97 Å². The zero-order valence-electron chi connectivity index (χ0n) is 10.0. The average Bonchev–Trinajstić information content (AvgIpc) is 2.90. The molecule has 0 saturated carbocycles. The number of anilines is 1. The van der Waals surface area contributed by atoms with Gasteiger partial charge < -0.3 is 10.3 Å². The summed E-state index contributed by atoms with van der Waals surface area (Å²) in [5.41, 5.74) is 7.06. The summed E-state index contributed by atoms with van der Waals surface area (Å²) in [6.07, 6.45) is 0. The highest BCUT2D eigenvalue weighted by Crippen LogP contribution is 2.24. The van der Waals surface area contributed by atoms with Crippen LogP contribution >= 0.6 is 11.3 Å². The number of rotatable bonds is 2. The van der Waals surface area contributed by atoms with E-state index in [1.165, 1.54) is 22.0 Å². The lowest BCUT2D eigenvalue weighted by Crippen LogP contribution is -2.05. The van der Waals surface area contributed by atoms with E-state index in [0.29, 0.717) is 5.52 Å². The molecular formula is C12H10F2N4S. The minimum Gasteiger partial charge on any atom is -0.369 e. The van der Waals surface area contributed by atoms with Gasteiger partial charge in [0.2, 0.25) is 5.95 Å². The summed E-state index contributed by atoms with van der Waals surface area (Å²) >= 11 is 1.44. The Bertz CT molecular complexity index is 763. The number of thiazole rings is 1. The molecule has 0 fully saturated rings. The minimum atomic E-state index is -0.935. The molecule has 19 heavy (non-hydrogen) atoms. The number of imidazole rings is 1. The normalized spacial score (nSPS) is 11.3. The average molecular weight is 280 g/mol. The molecule has 0 saturated heterocycles. The molecule has 2 aromatic heterocycles. The Balaban J connectivity index is 2.17. The van der Waals surface area contributed by atoms with Crippen molar-refractivity contribution in [2.45, 2.75) is 13.5 Å². The number of halogens is 2. The third-order valence-corrected chi connectivity index (χ3v) is 3.74. The fourth-order valence-electron chi connectivity index (χ4n) is 1.95. The standard InChI is InChI=1S/C12H10F2N4S/c1-6-5-19-9(16-6)4-18-11-8(17-12(18)15)3-2-7(13)10(11)14/h2-3,5H,4H2,1H3,(H2,15,17). The van der Waals surface area contributed by atoms with Gasteiger partial charge >= 0.3 is 0 Å². The summed E-state index contributed by atoms with van der Waals surface area (Å²) < 4.78 is 28.6. The van der Waals surface area contributed by atoms with Crippen LogP contribution in [0.15, 0.2) is 17.5 Å². The molecule has 1 aromatic carbocycles. The molecule has 2 N–H and O–H groups in total. The molecule has 0 amide bonds. The van der Waals surface area contributed by atoms with Crippen molar-refractivity contribution in [3.63, 3.8) is 0 Å². The van der Waals surface area contributed by atoms with Crippen LogP contribution in [0.1, 0.15) is 10.7 Å². The lowest BCUT2D eigenvalue weighted by Gasteiger charge is -2.04. The third-order valence-electron chi connectivity index (χ3n) is 2.79. The molecule has 3 aromatic rings. The van der Waals surface area contributed by atoms with Crippen LogP contribution in [-0.2, 0) is 6.54 Å². The summed E-state index contributed by atoms with van der Waals surface area (Å²) in [5, 5.41) is 2.66. The summed E-state index contributed by atoms with van der Waals surface area (Å²) in [5.74, 6) is -1.70. The largest absolute Gasteiger partial charge is 0.369 e. The number of benzene rings is 1. The Morgan fingerprint density at radius 3 is 2.79 bits per heavy atom. The van der Waals surface area contributed by atoms with Gasteiger partial charge in [0.25, 0.3) is 0 Å². The molecule has 98 valence electrons. The second-order valence-corrected chi connectivity index (χ2v) is 5.11. The quantitative estimate of drug-likeness (QED) is 0.785. The Labute approximate surface area is 111 Å². The Morgan fingerprint density at radius 1 is 1.32 bits per heavy atom. The van der Waals surface area contributed by atoms with E-state index >= 15 is 0 Å². The lowest BCUT2D eigenvalue weighted by molar-refractivity contribution is 0.512. The molecule has 0 unspecified atom stereocenters. The number of nitrogens with zero attached hydrogens (tertiary/aromatic N) is 3. The predicted molar refractivity (Wildman–Crippen MR) is 70.0 cm³/mol. The zero-order chi connectivity index (χ0) is 13.6. The Kier molecular flexibility index (Phi) is 2.70. The maximum absolute atomic E-state index is 13.9. The van der Waals surface area contributed by atoms with Crippen molar-refractivity contribution in [3.8, 4) is 0 Å². The lowest BCUT2D eigenvalue weighted by atomic mass is 10.3. The van der Waals surface area contributed by atoms with Crippen molar-refractivity contribution >= 4 is 28.3 Å². The number of aryl methyl sites for hydroxylation is 1. The predicted octanol–water partition coefficient (Wildman–Crippen LogP) is 2.71. The van der Waals surface area contributed by atoms with Gasteiger partial charge in [0.05, 0.1) is 12.1 Å². The van der Waals surface area contributed by atoms with Crippen molar-refractivity contribution in [2.75, 3.05) is 5.73 Å². The first-order valence-electron chi connectivity index (χ1n) is 5.57. The van der Waals surface area contributed by atoms with Crippen LogP contribution in [0.5, 0.6) is 0 Å². The number of nitrogen functional groups attached to an aromatic ring is 1. The molecular weight excluding hydrogens is 270 g/mol. The first-order chi connectivity index (χ1) is 9.06. The molecule has 7 heteroatoms. The van der Waals surface area contributed by atoms with Gasteiger partial charge in [-0.1, -0.05) is 0 Å². The number of nitrogens with two attached hydrogens (primary N) is 1. The minimum absolute atomic E-state index is 0.0744. The molecule has 0 aliphatic carbocycles. The van der Waals surface area contributed by atoms with Crippen LogP contribution < -0.4 is 5.73 Å². The first-order valence-corrected chi connectivity index (χ1v) is 6.45. The van der Waals surface area contributed by atoms with E-state index in [-0.39, 0.29) is 18.0 Å². The molecule has 0 aliphatic heterocycles. The fourth-order valence-corrected chi connectivity index (χ4v) is 2.71. The van der Waals surface area contributed by atoms with Gasteiger partial charge in [0, 0.05) is 11.1 Å². The Morgan fingerprint density at radius 2 is 2.11 bits per heavy atom. The topological polar surface area (TPSA) is 56.7 Å². The molecule has 4 nitrogen and oxygen atoms in total. The molecule has 0 bridgehead atoms. The third kappa shape index (κ3) is 1.95. The first kappa shape index (κ1) is 12.0. The molecule has 0 atom stereocenters. The van der Waals surface area contributed by atoms with Gasteiger partial charge in [-0.2, -0.15) is 0 Å². The van der Waals surface area contributed by atoms with Crippen molar-refractivity contribution in [1.29, 1.82) is 0 Å².